The molecule has 2 fully saturated rings. The van der Waals surface area contributed by atoms with Gasteiger partial charge in [-0.25, -0.2) is 0 Å². The van der Waals surface area contributed by atoms with E-state index in [1.54, 1.807) is 0 Å². The summed E-state index contributed by atoms with van der Waals surface area (Å²) in [6, 6.07) is 5.96. The van der Waals surface area contributed by atoms with E-state index in [2.05, 4.69) is 6.92 Å². The number of ether oxygens (including phenoxy) is 2. The zero-order valence-corrected chi connectivity index (χ0v) is 12.6. The molecule has 1 heterocycles. The molecular weight excluding hydrogens is 264 g/mol. The second-order valence-electron chi connectivity index (χ2n) is 7.22. The Balaban J connectivity index is 1.55. The van der Waals surface area contributed by atoms with Crippen LogP contribution in [0.1, 0.15) is 44.3 Å². The molecule has 2 aliphatic carbocycles. The van der Waals surface area contributed by atoms with Crippen LogP contribution in [0, 0.1) is 23.7 Å². The maximum Gasteiger partial charge on any atom is 0.161 e. The molecule has 0 amide bonds. The Morgan fingerprint density at radius 3 is 2.62 bits per heavy atom. The van der Waals surface area contributed by atoms with Gasteiger partial charge in [0, 0.05) is 5.92 Å². The molecule has 21 heavy (non-hydrogen) atoms. The maximum absolute atomic E-state index is 10.8. The molecule has 0 radical (unpaired) electrons. The molecule has 1 N–H and O–H groups in total. The van der Waals surface area contributed by atoms with Crippen LogP contribution in [0.5, 0.6) is 11.5 Å². The van der Waals surface area contributed by atoms with Crippen molar-refractivity contribution in [3.8, 4) is 11.5 Å². The van der Waals surface area contributed by atoms with E-state index < -0.39 is 0 Å². The molecule has 114 valence electrons. The van der Waals surface area contributed by atoms with Gasteiger partial charge in [-0.2, -0.15) is 0 Å². The minimum absolute atomic E-state index is 0.352. The fourth-order valence-electron chi connectivity index (χ4n) is 4.38. The molecule has 5 atom stereocenters. The molecule has 0 aromatic heterocycles. The van der Waals surface area contributed by atoms with Gasteiger partial charge in [0.05, 0.1) is 19.3 Å². The molecule has 1 aliphatic heterocycles. The van der Waals surface area contributed by atoms with Crippen LogP contribution in [0.2, 0.25) is 0 Å². The summed E-state index contributed by atoms with van der Waals surface area (Å²) in [7, 11) is 0. The molecule has 5 unspecified atom stereocenters. The van der Waals surface area contributed by atoms with Gasteiger partial charge < -0.3 is 14.6 Å². The quantitative estimate of drug-likeness (QED) is 0.904. The van der Waals surface area contributed by atoms with Crippen LogP contribution in [0.15, 0.2) is 18.2 Å². The Morgan fingerprint density at radius 1 is 1.10 bits per heavy atom. The van der Waals surface area contributed by atoms with Gasteiger partial charge in [0.25, 0.3) is 0 Å². The molecule has 3 heteroatoms. The van der Waals surface area contributed by atoms with E-state index >= 15 is 0 Å². The van der Waals surface area contributed by atoms with Gasteiger partial charge in [0.15, 0.2) is 11.5 Å². The molecular formula is C18H24O3. The lowest BCUT2D eigenvalue weighted by Crippen LogP contribution is -2.19. The van der Waals surface area contributed by atoms with Gasteiger partial charge in [-0.3, -0.25) is 0 Å². The Kier molecular flexibility index (Phi) is 3.33. The van der Waals surface area contributed by atoms with Crippen molar-refractivity contribution >= 4 is 0 Å². The van der Waals surface area contributed by atoms with E-state index in [4.69, 9.17) is 9.47 Å². The van der Waals surface area contributed by atoms with Crippen molar-refractivity contribution in [2.24, 2.45) is 23.7 Å². The van der Waals surface area contributed by atoms with E-state index in [1.165, 1.54) is 25.7 Å². The number of rotatable bonds is 2. The first-order chi connectivity index (χ1) is 10.2. The average molecular weight is 288 g/mol. The lowest BCUT2D eigenvalue weighted by atomic mass is 9.82. The first-order valence-corrected chi connectivity index (χ1v) is 8.28. The summed E-state index contributed by atoms with van der Waals surface area (Å²) >= 11 is 0. The van der Waals surface area contributed by atoms with Crippen molar-refractivity contribution in [3.63, 3.8) is 0 Å². The summed E-state index contributed by atoms with van der Waals surface area (Å²) in [6.45, 7) is 3.50. The number of hydrogen-bond acceptors (Lipinski definition) is 3. The van der Waals surface area contributed by atoms with Crippen LogP contribution >= 0.6 is 0 Å². The second-order valence-corrected chi connectivity index (χ2v) is 7.22. The minimum atomic E-state index is -0.352. The second kappa shape index (κ2) is 5.20. The average Bonchev–Trinajstić information content (AvgIpc) is 3.08. The first-order valence-electron chi connectivity index (χ1n) is 8.28. The van der Waals surface area contributed by atoms with E-state index in [0.29, 0.717) is 25.0 Å². The normalized spacial score (nSPS) is 35.5. The third-order valence-corrected chi connectivity index (χ3v) is 5.55. The standard InChI is InChI=1S/C18H24O3/c1-11-9-20-16-5-4-14(8-17(16)21-10-11)18(19)15-7-12-2-3-13(15)6-12/h4-5,8,11-13,15,18-19H,2-3,6-7,9-10H2,1H3. The zero-order chi connectivity index (χ0) is 14.4. The summed E-state index contributed by atoms with van der Waals surface area (Å²) in [6.07, 6.45) is 4.83. The zero-order valence-electron chi connectivity index (χ0n) is 12.6. The van der Waals surface area contributed by atoms with E-state index in [9.17, 15) is 5.11 Å². The summed E-state index contributed by atoms with van der Waals surface area (Å²) in [5.74, 6) is 4.02. The smallest absolute Gasteiger partial charge is 0.161 e. The number of fused-ring (bicyclic) bond motifs is 3. The number of aliphatic hydroxyl groups is 1. The summed E-state index contributed by atoms with van der Waals surface area (Å²) in [5, 5.41) is 10.8. The highest BCUT2D eigenvalue weighted by atomic mass is 16.5. The van der Waals surface area contributed by atoms with E-state index in [0.717, 1.165) is 28.9 Å². The van der Waals surface area contributed by atoms with Gasteiger partial charge in [0.1, 0.15) is 0 Å². The van der Waals surface area contributed by atoms with Gasteiger partial charge >= 0.3 is 0 Å². The van der Waals surface area contributed by atoms with Crippen LogP contribution in [0.4, 0.5) is 0 Å². The van der Waals surface area contributed by atoms with Crippen LogP contribution < -0.4 is 9.47 Å². The fraction of sp³-hybridized carbons (Fsp3) is 0.667. The monoisotopic (exact) mass is 288 g/mol. The Hall–Kier alpha value is -1.22. The van der Waals surface area contributed by atoms with E-state index in [1.807, 2.05) is 18.2 Å². The number of benzene rings is 1. The largest absolute Gasteiger partial charge is 0.489 e. The maximum atomic E-state index is 10.8. The lowest BCUT2D eigenvalue weighted by Gasteiger charge is -2.27. The van der Waals surface area contributed by atoms with Gasteiger partial charge in [0.2, 0.25) is 0 Å². The highest BCUT2D eigenvalue weighted by Crippen LogP contribution is 2.53. The molecule has 2 bridgehead atoms. The predicted molar refractivity (Wildman–Crippen MR) is 80.5 cm³/mol. The Labute approximate surface area is 126 Å². The lowest BCUT2D eigenvalue weighted by molar-refractivity contribution is 0.0742. The topological polar surface area (TPSA) is 38.7 Å². The first kappa shape index (κ1) is 13.4. The third kappa shape index (κ3) is 2.42. The molecule has 3 aliphatic rings. The summed E-state index contributed by atoms with van der Waals surface area (Å²) < 4.78 is 11.6. The van der Waals surface area contributed by atoms with Crippen LogP contribution in [-0.4, -0.2) is 18.3 Å². The van der Waals surface area contributed by atoms with E-state index in [-0.39, 0.29) is 6.10 Å². The van der Waals surface area contributed by atoms with Crippen molar-refractivity contribution in [2.75, 3.05) is 13.2 Å². The molecule has 2 saturated carbocycles. The number of aliphatic hydroxyl groups excluding tert-OH is 1. The number of hydrogen-bond donors (Lipinski definition) is 1. The molecule has 3 nitrogen and oxygen atoms in total. The van der Waals surface area contributed by atoms with Gasteiger partial charge in [-0.05, 0) is 54.7 Å². The highest BCUT2D eigenvalue weighted by molar-refractivity contribution is 5.44. The Bertz CT molecular complexity index is 527. The van der Waals surface area contributed by atoms with Crippen molar-refractivity contribution in [2.45, 2.75) is 38.7 Å². The van der Waals surface area contributed by atoms with Crippen molar-refractivity contribution in [1.29, 1.82) is 0 Å². The van der Waals surface area contributed by atoms with Crippen molar-refractivity contribution in [1.82, 2.24) is 0 Å². The van der Waals surface area contributed by atoms with Crippen LogP contribution in [-0.2, 0) is 0 Å². The summed E-state index contributed by atoms with van der Waals surface area (Å²) in [5.41, 5.74) is 0.990. The molecule has 0 spiro atoms. The summed E-state index contributed by atoms with van der Waals surface area (Å²) in [4.78, 5) is 0. The molecule has 0 saturated heterocycles. The molecule has 1 aromatic carbocycles. The van der Waals surface area contributed by atoms with Crippen LogP contribution in [0.25, 0.3) is 0 Å². The minimum Gasteiger partial charge on any atom is -0.489 e. The molecule has 4 rings (SSSR count). The fourth-order valence-corrected chi connectivity index (χ4v) is 4.38. The molecule has 1 aromatic rings. The van der Waals surface area contributed by atoms with Crippen molar-refractivity contribution in [3.05, 3.63) is 23.8 Å². The van der Waals surface area contributed by atoms with Crippen molar-refractivity contribution < 1.29 is 14.6 Å². The van der Waals surface area contributed by atoms with Crippen LogP contribution in [0.3, 0.4) is 0 Å². The van der Waals surface area contributed by atoms with Gasteiger partial charge in [-0.1, -0.05) is 19.4 Å². The SMILES string of the molecule is CC1COc2ccc(C(O)C3CC4CCC3C4)cc2OC1. The predicted octanol–water partition coefficient (Wildman–Crippen LogP) is 3.56. The van der Waals surface area contributed by atoms with Gasteiger partial charge in [-0.15, -0.1) is 0 Å². The highest BCUT2D eigenvalue weighted by Gasteiger charge is 2.43. The Morgan fingerprint density at radius 2 is 1.90 bits per heavy atom. The third-order valence-electron chi connectivity index (χ3n) is 5.55.